The fraction of sp³-hybridized carbons (Fsp3) is 0.500. The maximum absolute atomic E-state index is 12.9. The van der Waals surface area contributed by atoms with E-state index in [1.807, 2.05) is 34.9 Å². The number of aromatic amines is 1. The third-order valence-electron chi connectivity index (χ3n) is 5.74. The van der Waals surface area contributed by atoms with E-state index < -0.39 is 5.72 Å². The molecule has 2 aromatic rings. The number of H-pyrrole nitrogens is 1. The summed E-state index contributed by atoms with van der Waals surface area (Å²) in [6, 6.07) is 5.73. The quantitative estimate of drug-likeness (QED) is 0.884. The highest BCUT2D eigenvalue weighted by molar-refractivity contribution is 5.86. The van der Waals surface area contributed by atoms with Gasteiger partial charge in [-0.25, -0.2) is 4.98 Å². The van der Waals surface area contributed by atoms with Gasteiger partial charge < -0.3 is 19.5 Å². The summed E-state index contributed by atoms with van der Waals surface area (Å²) < 4.78 is 5.95. The van der Waals surface area contributed by atoms with Gasteiger partial charge in [-0.1, -0.05) is 6.07 Å². The number of rotatable bonds is 2. The number of amides is 2. The Morgan fingerprint density at radius 2 is 2.32 bits per heavy atom. The number of aromatic nitrogens is 2. The van der Waals surface area contributed by atoms with Gasteiger partial charge in [0.15, 0.2) is 5.72 Å². The van der Waals surface area contributed by atoms with E-state index in [2.05, 4.69) is 9.97 Å². The molecule has 0 unspecified atom stereocenters. The van der Waals surface area contributed by atoms with Crippen molar-refractivity contribution in [1.82, 2.24) is 19.8 Å². The highest BCUT2D eigenvalue weighted by Crippen LogP contribution is 2.45. The topological polar surface area (TPSA) is 78.5 Å². The Balaban J connectivity index is 1.38. The average Bonchev–Trinajstić information content (AvgIpc) is 3.28. The van der Waals surface area contributed by atoms with Crippen molar-refractivity contribution in [3.8, 4) is 0 Å². The smallest absolute Gasteiger partial charge is 0.227 e. The van der Waals surface area contributed by atoms with Crippen molar-refractivity contribution in [3.63, 3.8) is 0 Å². The molecule has 0 radical (unpaired) electrons. The number of carbonyl (C=O) groups excluding carboxylic acids is 2. The van der Waals surface area contributed by atoms with E-state index in [0.717, 1.165) is 22.4 Å². The number of fused-ring (bicyclic) bond motifs is 1. The predicted molar refractivity (Wildman–Crippen MR) is 89.7 cm³/mol. The molecule has 0 aliphatic carbocycles. The number of carbonyl (C=O) groups is 2. The molecule has 7 heteroatoms. The number of likely N-dealkylation sites (tertiary alicyclic amines) is 1. The Hall–Kier alpha value is -2.41. The van der Waals surface area contributed by atoms with Crippen LogP contribution in [0.1, 0.15) is 24.2 Å². The van der Waals surface area contributed by atoms with E-state index in [1.165, 1.54) is 0 Å². The van der Waals surface area contributed by atoms with E-state index >= 15 is 0 Å². The summed E-state index contributed by atoms with van der Waals surface area (Å²) in [6.45, 7) is 3.78. The van der Waals surface area contributed by atoms with Gasteiger partial charge in [0.05, 0.1) is 36.5 Å². The van der Waals surface area contributed by atoms with Crippen molar-refractivity contribution in [2.24, 2.45) is 0 Å². The van der Waals surface area contributed by atoms with Gasteiger partial charge >= 0.3 is 0 Å². The molecule has 2 atom stereocenters. The van der Waals surface area contributed by atoms with Crippen LogP contribution in [-0.2, 0) is 20.7 Å². The number of imidazole rings is 1. The number of ether oxygens (including phenoxy) is 1. The fourth-order valence-corrected chi connectivity index (χ4v) is 4.66. The van der Waals surface area contributed by atoms with Crippen LogP contribution in [0.5, 0.6) is 0 Å². The third-order valence-corrected chi connectivity index (χ3v) is 5.74. The summed E-state index contributed by atoms with van der Waals surface area (Å²) in [4.78, 5) is 36.4. The van der Waals surface area contributed by atoms with E-state index in [4.69, 9.17) is 4.74 Å². The molecule has 4 heterocycles. The molecular formula is C18H20N4O3. The molecule has 1 aromatic carbocycles. The van der Waals surface area contributed by atoms with Crippen LogP contribution >= 0.6 is 0 Å². The van der Waals surface area contributed by atoms with E-state index in [9.17, 15) is 9.59 Å². The predicted octanol–water partition coefficient (Wildman–Crippen LogP) is 0.974. The lowest BCUT2D eigenvalue weighted by Crippen LogP contribution is -2.49. The second kappa shape index (κ2) is 5.05. The highest BCUT2D eigenvalue weighted by Gasteiger charge is 2.62. The minimum absolute atomic E-state index is 0.0580. The summed E-state index contributed by atoms with van der Waals surface area (Å²) in [5, 5.41) is 0. The second-order valence-corrected chi connectivity index (χ2v) is 7.15. The minimum Gasteiger partial charge on any atom is -0.351 e. The average molecular weight is 340 g/mol. The largest absolute Gasteiger partial charge is 0.351 e. The van der Waals surface area contributed by atoms with Gasteiger partial charge in [0.2, 0.25) is 11.8 Å². The van der Waals surface area contributed by atoms with Crippen molar-refractivity contribution in [2.45, 2.75) is 38.0 Å². The zero-order valence-electron chi connectivity index (χ0n) is 14.1. The molecule has 5 rings (SSSR count). The van der Waals surface area contributed by atoms with E-state index in [0.29, 0.717) is 39.0 Å². The number of aryl methyl sites for hydroxylation is 1. The molecule has 2 amide bonds. The zero-order chi connectivity index (χ0) is 17.2. The molecule has 7 nitrogen and oxygen atoms in total. The number of hydrogen-bond donors (Lipinski definition) is 1. The minimum atomic E-state index is -0.558. The van der Waals surface area contributed by atoms with Gasteiger partial charge in [-0.3, -0.25) is 9.59 Å². The molecule has 3 aliphatic heterocycles. The molecule has 1 N–H and O–H groups in total. The first-order valence-electron chi connectivity index (χ1n) is 8.76. The number of benzene rings is 1. The summed E-state index contributed by atoms with van der Waals surface area (Å²) in [7, 11) is 0. The Morgan fingerprint density at radius 3 is 3.20 bits per heavy atom. The van der Waals surface area contributed by atoms with Gasteiger partial charge in [-0.05, 0) is 24.6 Å². The lowest BCUT2D eigenvalue weighted by molar-refractivity contribution is -0.139. The van der Waals surface area contributed by atoms with E-state index in [1.54, 1.807) is 0 Å². The number of nitrogens with zero attached hydrogens (tertiary/aromatic N) is 3. The van der Waals surface area contributed by atoms with Crippen LogP contribution in [0.25, 0.3) is 11.0 Å². The van der Waals surface area contributed by atoms with Gasteiger partial charge in [0.1, 0.15) is 5.82 Å². The van der Waals surface area contributed by atoms with Crippen molar-refractivity contribution in [2.75, 3.05) is 19.7 Å². The molecule has 3 saturated heterocycles. The molecule has 3 aliphatic rings. The maximum Gasteiger partial charge on any atom is 0.227 e. The first-order valence-corrected chi connectivity index (χ1v) is 8.76. The summed E-state index contributed by atoms with van der Waals surface area (Å²) in [5.41, 5.74) is 2.25. The van der Waals surface area contributed by atoms with Gasteiger partial charge in [-0.2, -0.15) is 0 Å². The van der Waals surface area contributed by atoms with Crippen molar-refractivity contribution >= 4 is 22.8 Å². The van der Waals surface area contributed by atoms with Crippen LogP contribution in [0, 0.1) is 6.92 Å². The Labute approximate surface area is 144 Å². The first-order chi connectivity index (χ1) is 12.1. The normalized spacial score (nSPS) is 28.0. The molecule has 3 fully saturated rings. The van der Waals surface area contributed by atoms with Gasteiger partial charge in [-0.15, -0.1) is 0 Å². The first kappa shape index (κ1) is 14.9. The van der Waals surface area contributed by atoms with Crippen molar-refractivity contribution in [3.05, 3.63) is 29.6 Å². The standard InChI is InChI=1S/C18H20N4O3/c1-11-19-13-3-2-12(8-14(13)20-11)9-16(23)21-5-4-18-15(21)10-17(24)22(18)6-7-25-18/h2-3,8,15H,4-7,9-10H2,1H3,(H,19,20)/t15-,18+/m1/s1. The lowest BCUT2D eigenvalue weighted by Gasteiger charge is -2.31. The Bertz CT molecular complexity index is 892. The monoisotopic (exact) mass is 340 g/mol. The number of nitrogens with one attached hydrogen (secondary N) is 1. The summed E-state index contributed by atoms with van der Waals surface area (Å²) in [5.74, 6) is 1.03. The number of hydrogen-bond acceptors (Lipinski definition) is 4. The molecule has 130 valence electrons. The zero-order valence-corrected chi connectivity index (χ0v) is 14.1. The van der Waals surface area contributed by atoms with Crippen molar-refractivity contribution in [1.29, 1.82) is 0 Å². The molecule has 25 heavy (non-hydrogen) atoms. The Kier molecular flexibility index (Phi) is 3.01. The lowest BCUT2D eigenvalue weighted by atomic mass is 10.1. The molecular weight excluding hydrogens is 320 g/mol. The van der Waals surface area contributed by atoms with Gasteiger partial charge in [0, 0.05) is 19.5 Å². The van der Waals surface area contributed by atoms with Crippen LogP contribution in [0.3, 0.4) is 0 Å². The second-order valence-electron chi connectivity index (χ2n) is 7.15. The molecule has 1 spiro atoms. The summed E-state index contributed by atoms with van der Waals surface area (Å²) in [6.07, 6.45) is 1.42. The fourth-order valence-electron chi connectivity index (χ4n) is 4.66. The van der Waals surface area contributed by atoms with Crippen LogP contribution in [-0.4, -0.2) is 63.0 Å². The van der Waals surface area contributed by atoms with Gasteiger partial charge in [0.25, 0.3) is 0 Å². The SMILES string of the molecule is Cc1nc2ccc(CC(=O)N3CC[C@@]45OCCN4C(=O)C[C@@H]35)cc2[nH]1. The van der Waals surface area contributed by atoms with Crippen LogP contribution in [0.2, 0.25) is 0 Å². The highest BCUT2D eigenvalue weighted by atomic mass is 16.5. The Morgan fingerprint density at radius 1 is 1.44 bits per heavy atom. The molecule has 1 aromatic heterocycles. The third kappa shape index (κ3) is 2.05. The van der Waals surface area contributed by atoms with E-state index in [-0.39, 0.29) is 17.9 Å². The maximum atomic E-state index is 12.9. The molecule has 0 saturated carbocycles. The summed E-state index contributed by atoms with van der Waals surface area (Å²) >= 11 is 0. The van der Waals surface area contributed by atoms with Crippen LogP contribution in [0.4, 0.5) is 0 Å². The van der Waals surface area contributed by atoms with Crippen LogP contribution in [0.15, 0.2) is 18.2 Å². The van der Waals surface area contributed by atoms with Crippen LogP contribution < -0.4 is 0 Å². The van der Waals surface area contributed by atoms with Crippen molar-refractivity contribution < 1.29 is 14.3 Å². The molecule has 0 bridgehead atoms.